The van der Waals surface area contributed by atoms with Crippen molar-refractivity contribution in [3.8, 4) is 0 Å². The van der Waals surface area contributed by atoms with Crippen LogP contribution in [0.15, 0.2) is 24.4 Å². The van der Waals surface area contributed by atoms with Gasteiger partial charge in [0.25, 0.3) is 0 Å². The highest BCUT2D eigenvalue weighted by molar-refractivity contribution is 5.90. The lowest BCUT2D eigenvalue weighted by Crippen LogP contribution is -2.46. The number of carbonyl (C=O) groups is 1. The summed E-state index contributed by atoms with van der Waals surface area (Å²) >= 11 is 0. The molecule has 0 radical (unpaired) electrons. The van der Waals surface area contributed by atoms with E-state index in [0.29, 0.717) is 42.6 Å². The van der Waals surface area contributed by atoms with E-state index in [2.05, 4.69) is 26.2 Å². The molecule has 10 nitrogen and oxygen atoms in total. The third-order valence-electron chi connectivity index (χ3n) is 9.10. The number of aliphatic hydroxyl groups is 1. The van der Waals surface area contributed by atoms with Crippen LogP contribution in [0.2, 0.25) is 0 Å². The van der Waals surface area contributed by atoms with Crippen LogP contribution in [-0.4, -0.2) is 79.0 Å². The van der Waals surface area contributed by atoms with Crippen LogP contribution in [0.4, 0.5) is 17.6 Å². The summed E-state index contributed by atoms with van der Waals surface area (Å²) in [6, 6.07) is 6.88. The van der Waals surface area contributed by atoms with Crippen molar-refractivity contribution in [2.24, 2.45) is 0 Å². The number of nitrogens with one attached hydrogen (secondary N) is 1. The standard InChI is InChI=1S/C29H36N8O2/c1-17(38)23-14-19-15-30-29(34-26(19)27(32-23)37-20-6-7-21(37)9-8-20)33-25-10-5-18-16-36(13-11-22(18)31-25)28(39)24-4-3-12-35(24)2/h5,10,14-15,17,20-21,24,38H,3-4,6-9,11-13,16H2,1-2H3,(H,30,31,33,34)/t17-,20?,21?,24-/m1/s1. The summed E-state index contributed by atoms with van der Waals surface area (Å²) in [5, 5.41) is 14.5. The Morgan fingerprint density at radius 1 is 1.08 bits per heavy atom. The van der Waals surface area contributed by atoms with E-state index in [9.17, 15) is 9.90 Å². The van der Waals surface area contributed by atoms with Gasteiger partial charge in [0, 0.05) is 48.9 Å². The topological polar surface area (TPSA) is 111 Å². The average Bonchev–Trinajstić information content (AvgIpc) is 3.67. The van der Waals surface area contributed by atoms with E-state index in [1.54, 1.807) is 6.92 Å². The fourth-order valence-corrected chi connectivity index (χ4v) is 6.98. The molecule has 10 heteroatoms. The number of hydrogen-bond donors (Lipinski definition) is 2. The fourth-order valence-electron chi connectivity index (χ4n) is 6.98. The third kappa shape index (κ3) is 4.39. The lowest BCUT2D eigenvalue weighted by atomic mass is 10.0. The van der Waals surface area contributed by atoms with Gasteiger partial charge >= 0.3 is 0 Å². The highest BCUT2D eigenvalue weighted by Crippen LogP contribution is 2.42. The number of fused-ring (bicyclic) bond motifs is 4. The molecule has 7 heterocycles. The molecular weight excluding hydrogens is 492 g/mol. The first-order chi connectivity index (χ1) is 18.9. The van der Waals surface area contributed by atoms with E-state index in [4.69, 9.17) is 15.0 Å². The number of pyridine rings is 2. The summed E-state index contributed by atoms with van der Waals surface area (Å²) in [5.41, 5.74) is 3.57. The molecule has 0 aromatic carbocycles. The van der Waals surface area contributed by atoms with Crippen LogP contribution in [0.5, 0.6) is 0 Å². The van der Waals surface area contributed by atoms with Gasteiger partial charge in [-0.05, 0) is 76.7 Å². The highest BCUT2D eigenvalue weighted by Gasteiger charge is 2.41. The predicted octanol–water partition coefficient (Wildman–Crippen LogP) is 3.33. The molecule has 2 N–H and O–H groups in total. The Labute approximate surface area is 228 Å². The van der Waals surface area contributed by atoms with Gasteiger partial charge in [-0.1, -0.05) is 6.07 Å². The van der Waals surface area contributed by atoms with Gasteiger partial charge in [-0.15, -0.1) is 0 Å². The van der Waals surface area contributed by atoms with Gasteiger partial charge < -0.3 is 20.2 Å². The van der Waals surface area contributed by atoms with Crippen LogP contribution in [0.25, 0.3) is 10.9 Å². The van der Waals surface area contributed by atoms with Crippen LogP contribution in [-0.2, 0) is 17.8 Å². The van der Waals surface area contributed by atoms with Gasteiger partial charge in [-0.3, -0.25) is 9.69 Å². The Hall–Kier alpha value is -3.37. The first kappa shape index (κ1) is 24.7. The first-order valence-corrected chi connectivity index (χ1v) is 14.3. The molecule has 204 valence electrons. The minimum Gasteiger partial charge on any atom is -0.387 e. The second-order valence-electron chi connectivity index (χ2n) is 11.6. The van der Waals surface area contributed by atoms with Crippen LogP contribution in [0, 0.1) is 0 Å². The second kappa shape index (κ2) is 9.67. The van der Waals surface area contributed by atoms with E-state index >= 15 is 0 Å². The van der Waals surface area contributed by atoms with Crippen LogP contribution >= 0.6 is 0 Å². The molecule has 2 atom stereocenters. The molecule has 0 aliphatic carbocycles. The SMILES string of the molecule is C[C@@H](O)c1cc2cnc(Nc3ccc4c(n3)CCN(C(=O)[C@H]3CCCN3C)C4)nc2c(N2C3CCC2CC3)n1. The van der Waals surface area contributed by atoms with Gasteiger partial charge in [-0.2, -0.15) is 0 Å². The van der Waals surface area contributed by atoms with E-state index in [0.717, 1.165) is 53.8 Å². The zero-order chi connectivity index (χ0) is 26.7. The molecule has 39 heavy (non-hydrogen) atoms. The average molecular weight is 529 g/mol. The monoisotopic (exact) mass is 528 g/mol. The molecule has 3 fully saturated rings. The van der Waals surface area contributed by atoms with Crippen LogP contribution in [0.3, 0.4) is 0 Å². The maximum atomic E-state index is 13.1. The van der Waals surface area contributed by atoms with Crippen LogP contribution < -0.4 is 10.2 Å². The van der Waals surface area contributed by atoms with E-state index in [1.807, 2.05) is 30.3 Å². The summed E-state index contributed by atoms with van der Waals surface area (Å²) in [6.07, 6.45) is 8.65. The molecule has 3 aromatic heterocycles. The van der Waals surface area contributed by atoms with E-state index in [-0.39, 0.29) is 11.9 Å². The van der Waals surface area contributed by atoms with Crippen molar-refractivity contribution < 1.29 is 9.90 Å². The molecule has 2 bridgehead atoms. The lowest BCUT2D eigenvalue weighted by Gasteiger charge is -2.32. The largest absolute Gasteiger partial charge is 0.387 e. The molecule has 3 aromatic rings. The number of nitrogens with zero attached hydrogens (tertiary/aromatic N) is 7. The smallest absolute Gasteiger partial charge is 0.240 e. The number of amides is 1. The summed E-state index contributed by atoms with van der Waals surface area (Å²) in [4.78, 5) is 38.9. The Balaban J connectivity index is 1.14. The minimum absolute atomic E-state index is 0.0114. The van der Waals surface area contributed by atoms with Gasteiger partial charge in [0.15, 0.2) is 5.82 Å². The van der Waals surface area contributed by atoms with Crippen molar-refractivity contribution in [1.82, 2.24) is 29.7 Å². The molecule has 0 saturated carbocycles. The number of rotatable bonds is 5. The lowest BCUT2D eigenvalue weighted by molar-refractivity contribution is -0.136. The van der Waals surface area contributed by atoms with Gasteiger partial charge in [-0.25, -0.2) is 19.9 Å². The normalized spacial score (nSPS) is 25.4. The van der Waals surface area contributed by atoms with Gasteiger partial charge in [0.05, 0.1) is 17.8 Å². The first-order valence-electron chi connectivity index (χ1n) is 14.3. The number of likely N-dealkylation sites (N-methyl/N-ethyl adjacent to an activating group) is 1. The summed E-state index contributed by atoms with van der Waals surface area (Å²) in [7, 11) is 2.04. The second-order valence-corrected chi connectivity index (χ2v) is 11.6. The molecule has 0 unspecified atom stereocenters. The maximum absolute atomic E-state index is 13.1. The van der Waals surface area contributed by atoms with Crippen molar-refractivity contribution in [1.29, 1.82) is 0 Å². The number of aliphatic hydroxyl groups excluding tert-OH is 1. The third-order valence-corrected chi connectivity index (χ3v) is 9.10. The summed E-state index contributed by atoms with van der Waals surface area (Å²) in [5.74, 6) is 2.27. The quantitative estimate of drug-likeness (QED) is 0.515. The molecule has 1 amide bonds. The zero-order valence-electron chi connectivity index (χ0n) is 22.7. The molecule has 3 saturated heterocycles. The van der Waals surface area contributed by atoms with Crippen molar-refractivity contribution in [2.45, 2.75) is 82.6 Å². The minimum atomic E-state index is -0.656. The van der Waals surface area contributed by atoms with Gasteiger partial charge in [0.1, 0.15) is 11.3 Å². The van der Waals surface area contributed by atoms with Crippen LogP contribution in [0.1, 0.15) is 68.5 Å². The van der Waals surface area contributed by atoms with Crippen molar-refractivity contribution in [3.05, 3.63) is 41.3 Å². The van der Waals surface area contributed by atoms with Crippen molar-refractivity contribution in [2.75, 3.05) is 30.4 Å². The van der Waals surface area contributed by atoms with Gasteiger partial charge in [0.2, 0.25) is 11.9 Å². The summed E-state index contributed by atoms with van der Waals surface area (Å²) in [6.45, 7) is 4.04. The Kier molecular flexibility index (Phi) is 6.12. The number of likely N-dealkylation sites (tertiary alicyclic amines) is 1. The molecule has 4 aliphatic rings. The molecule has 0 spiro atoms. The number of aromatic nitrogens is 4. The number of hydrogen-bond acceptors (Lipinski definition) is 9. The molecular formula is C29H36N8O2. The zero-order valence-corrected chi connectivity index (χ0v) is 22.7. The van der Waals surface area contributed by atoms with E-state index in [1.165, 1.54) is 25.7 Å². The van der Waals surface area contributed by atoms with E-state index < -0.39 is 6.10 Å². The van der Waals surface area contributed by atoms with Crippen molar-refractivity contribution >= 4 is 34.4 Å². The number of anilines is 3. The fraction of sp³-hybridized carbons (Fsp3) is 0.552. The Morgan fingerprint density at radius 3 is 2.59 bits per heavy atom. The predicted molar refractivity (Wildman–Crippen MR) is 149 cm³/mol. The molecule has 7 rings (SSSR count). The maximum Gasteiger partial charge on any atom is 0.240 e. The summed E-state index contributed by atoms with van der Waals surface area (Å²) < 4.78 is 0. The highest BCUT2D eigenvalue weighted by atomic mass is 16.3. The Morgan fingerprint density at radius 2 is 1.87 bits per heavy atom. The number of carbonyl (C=O) groups excluding carboxylic acids is 1. The Bertz CT molecular complexity index is 1410. The van der Waals surface area contributed by atoms with Crippen molar-refractivity contribution in [3.63, 3.8) is 0 Å². The molecule has 4 aliphatic heterocycles.